The number of carbonyl (C=O) groups excluding carboxylic acids is 1. The SMILES string of the molecule is CCC1CCN(CCCC(=O)Nc2ccc(N)cc2Cl)C1. The summed E-state index contributed by atoms with van der Waals surface area (Å²) >= 11 is 6.04. The number of nitrogen functional groups attached to an aromatic ring is 1. The highest BCUT2D eigenvalue weighted by Crippen LogP contribution is 2.24. The highest BCUT2D eigenvalue weighted by atomic mass is 35.5. The standard InChI is InChI=1S/C16H24ClN3O/c1-2-12-7-9-20(11-12)8-3-4-16(21)19-15-6-5-13(18)10-14(15)17/h5-6,10,12H,2-4,7-9,11,18H2,1H3,(H,19,21). The van der Waals surface area contributed by atoms with Crippen LogP contribution in [0.5, 0.6) is 0 Å². The van der Waals surface area contributed by atoms with Gasteiger partial charge in [0.05, 0.1) is 10.7 Å². The minimum Gasteiger partial charge on any atom is -0.399 e. The summed E-state index contributed by atoms with van der Waals surface area (Å²) in [4.78, 5) is 14.4. The monoisotopic (exact) mass is 309 g/mol. The van der Waals surface area contributed by atoms with E-state index < -0.39 is 0 Å². The van der Waals surface area contributed by atoms with Crippen molar-refractivity contribution in [1.82, 2.24) is 4.90 Å². The largest absolute Gasteiger partial charge is 0.399 e. The molecule has 1 aliphatic rings. The molecule has 0 saturated carbocycles. The maximum atomic E-state index is 11.9. The first kappa shape index (κ1) is 16.1. The highest BCUT2D eigenvalue weighted by Gasteiger charge is 2.20. The molecule has 2 rings (SSSR count). The molecule has 1 aliphatic heterocycles. The Labute approximate surface area is 131 Å². The molecule has 1 aromatic carbocycles. The predicted octanol–water partition coefficient (Wildman–Crippen LogP) is 3.37. The number of nitrogens with two attached hydrogens (primary N) is 1. The first-order valence-corrected chi connectivity index (χ1v) is 8.03. The van der Waals surface area contributed by atoms with Gasteiger partial charge in [-0.15, -0.1) is 0 Å². The number of hydrogen-bond donors (Lipinski definition) is 2. The molecule has 116 valence electrons. The van der Waals surface area contributed by atoms with Crippen molar-refractivity contribution < 1.29 is 4.79 Å². The highest BCUT2D eigenvalue weighted by molar-refractivity contribution is 6.34. The first-order valence-electron chi connectivity index (χ1n) is 7.65. The minimum absolute atomic E-state index is 0.00732. The van der Waals surface area contributed by atoms with Crippen LogP contribution in [0.2, 0.25) is 5.02 Å². The second-order valence-corrected chi connectivity index (χ2v) is 6.16. The maximum Gasteiger partial charge on any atom is 0.224 e. The fourth-order valence-electron chi connectivity index (χ4n) is 2.76. The molecular formula is C16H24ClN3O. The number of carbonyl (C=O) groups is 1. The van der Waals surface area contributed by atoms with Gasteiger partial charge in [0.2, 0.25) is 5.91 Å². The van der Waals surface area contributed by atoms with Crippen LogP contribution in [0.4, 0.5) is 11.4 Å². The molecule has 0 spiro atoms. The molecule has 1 fully saturated rings. The third-order valence-corrected chi connectivity index (χ3v) is 4.41. The average molecular weight is 310 g/mol. The molecule has 0 bridgehead atoms. The Bertz CT molecular complexity index is 492. The van der Waals surface area contributed by atoms with Crippen LogP contribution >= 0.6 is 11.6 Å². The number of anilines is 2. The van der Waals surface area contributed by atoms with Crippen molar-refractivity contribution in [3.05, 3.63) is 23.2 Å². The lowest BCUT2D eigenvalue weighted by atomic mass is 10.1. The molecule has 21 heavy (non-hydrogen) atoms. The van der Waals surface area contributed by atoms with Crippen molar-refractivity contribution in [1.29, 1.82) is 0 Å². The van der Waals surface area contributed by atoms with Crippen LogP contribution in [0.1, 0.15) is 32.6 Å². The van der Waals surface area contributed by atoms with Crippen LogP contribution in [0.15, 0.2) is 18.2 Å². The third-order valence-electron chi connectivity index (χ3n) is 4.09. The normalized spacial score (nSPS) is 18.9. The zero-order valence-electron chi connectivity index (χ0n) is 12.6. The summed E-state index contributed by atoms with van der Waals surface area (Å²) in [6, 6.07) is 5.12. The van der Waals surface area contributed by atoms with E-state index in [0.717, 1.165) is 18.9 Å². The minimum atomic E-state index is 0.00732. The molecule has 1 atom stereocenters. The van der Waals surface area contributed by atoms with Gasteiger partial charge < -0.3 is 16.0 Å². The van der Waals surface area contributed by atoms with E-state index in [9.17, 15) is 4.79 Å². The first-order chi connectivity index (χ1) is 10.1. The molecule has 1 heterocycles. The number of rotatable bonds is 6. The molecule has 4 nitrogen and oxygen atoms in total. The predicted molar refractivity (Wildman–Crippen MR) is 88.6 cm³/mol. The summed E-state index contributed by atoms with van der Waals surface area (Å²) < 4.78 is 0. The fraction of sp³-hybridized carbons (Fsp3) is 0.562. The number of hydrogen-bond acceptors (Lipinski definition) is 3. The zero-order valence-corrected chi connectivity index (χ0v) is 13.3. The van der Waals surface area contributed by atoms with Gasteiger partial charge in [-0.25, -0.2) is 0 Å². The number of amides is 1. The number of nitrogens with one attached hydrogen (secondary N) is 1. The smallest absolute Gasteiger partial charge is 0.224 e. The van der Waals surface area contributed by atoms with Gasteiger partial charge in [-0.2, -0.15) is 0 Å². The molecule has 1 aromatic rings. The quantitative estimate of drug-likeness (QED) is 0.792. The van der Waals surface area contributed by atoms with Gasteiger partial charge in [-0.3, -0.25) is 4.79 Å². The number of nitrogens with zero attached hydrogens (tertiary/aromatic N) is 1. The van der Waals surface area contributed by atoms with E-state index >= 15 is 0 Å². The van der Waals surface area contributed by atoms with Crippen LogP contribution in [0, 0.1) is 5.92 Å². The molecular weight excluding hydrogens is 286 g/mol. The van der Waals surface area contributed by atoms with E-state index in [1.54, 1.807) is 18.2 Å². The van der Waals surface area contributed by atoms with Crippen LogP contribution in [0.25, 0.3) is 0 Å². The second-order valence-electron chi connectivity index (χ2n) is 5.75. The van der Waals surface area contributed by atoms with Gasteiger partial charge in [0.1, 0.15) is 0 Å². The Morgan fingerprint density at radius 2 is 2.33 bits per heavy atom. The molecule has 3 N–H and O–H groups in total. The van der Waals surface area contributed by atoms with Crippen molar-refractivity contribution >= 4 is 28.9 Å². The van der Waals surface area contributed by atoms with E-state index in [1.807, 2.05) is 0 Å². The Balaban J connectivity index is 1.70. The Morgan fingerprint density at radius 1 is 1.52 bits per heavy atom. The number of likely N-dealkylation sites (tertiary alicyclic amines) is 1. The van der Waals surface area contributed by atoms with Gasteiger partial charge >= 0.3 is 0 Å². The second kappa shape index (κ2) is 7.66. The Morgan fingerprint density at radius 3 is 3.00 bits per heavy atom. The lowest BCUT2D eigenvalue weighted by Crippen LogP contribution is -2.23. The van der Waals surface area contributed by atoms with E-state index in [2.05, 4.69) is 17.1 Å². The van der Waals surface area contributed by atoms with Crippen molar-refractivity contribution in [2.45, 2.75) is 32.6 Å². The van der Waals surface area contributed by atoms with Crippen molar-refractivity contribution in [2.75, 3.05) is 30.7 Å². The van der Waals surface area contributed by atoms with Gasteiger partial charge in [-0.1, -0.05) is 24.9 Å². The average Bonchev–Trinajstić information content (AvgIpc) is 2.90. The summed E-state index contributed by atoms with van der Waals surface area (Å²) in [5, 5.41) is 3.32. The summed E-state index contributed by atoms with van der Waals surface area (Å²) in [6.07, 6.45) is 3.96. The van der Waals surface area contributed by atoms with Gasteiger partial charge in [0, 0.05) is 18.7 Å². The molecule has 0 aliphatic carbocycles. The molecule has 1 amide bonds. The lowest BCUT2D eigenvalue weighted by Gasteiger charge is -2.15. The number of halogens is 1. The lowest BCUT2D eigenvalue weighted by molar-refractivity contribution is -0.116. The summed E-state index contributed by atoms with van der Waals surface area (Å²) in [5.74, 6) is 0.848. The van der Waals surface area contributed by atoms with Gasteiger partial charge in [0.15, 0.2) is 0 Å². The van der Waals surface area contributed by atoms with Crippen molar-refractivity contribution in [2.24, 2.45) is 5.92 Å². The summed E-state index contributed by atoms with van der Waals surface area (Å²) in [5.41, 5.74) is 6.85. The van der Waals surface area contributed by atoms with E-state index in [-0.39, 0.29) is 5.91 Å². The van der Waals surface area contributed by atoms with Gasteiger partial charge in [-0.05, 0) is 50.0 Å². The number of benzene rings is 1. The summed E-state index contributed by atoms with van der Waals surface area (Å²) in [6.45, 7) is 5.60. The molecule has 0 radical (unpaired) electrons. The van der Waals surface area contributed by atoms with E-state index in [0.29, 0.717) is 22.8 Å². The van der Waals surface area contributed by atoms with E-state index in [1.165, 1.54) is 25.9 Å². The molecule has 5 heteroatoms. The van der Waals surface area contributed by atoms with Crippen LogP contribution in [0.3, 0.4) is 0 Å². The van der Waals surface area contributed by atoms with Gasteiger partial charge in [0.25, 0.3) is 0 Å². The van der Waals surface area contributed by atoms with E-state index in [4.69, 9.17) is 17.3 Å². The Hall–Kier alpha value is -1.26. The molecule has 1 unspecified atom stereocenters. The fourth-order valence-corrected chi connectivity index (χ4v) is 2.99. The topological polar surface area (TPSA) is 58.4 Å². The zero-order chi connectivity index (χ0) is 15.2. The Kier molecular flexibility index (Phi) is 5.88. The third kappa shape index (κ3) is 4.90. The van der Waals surface area contributed by atoms with Crippen molar-refractivity contribution in [3.8, 4) is 0 Å². The molecule has 0 aromatic heterocycles. The molecule has 1 saturated heterocycles. The van der Waals surface area contributed by atoms with Crippen LogP contribution in [-0.4, -0.2) is 30.4 Å². The van der Waals surface area contributed by atoms with Crippen LogP contribution in [-0.2, 0) is 4.79 Å². The maximum absolute atomic E-state index is 11.9. The van der Waals surface area contributed by atoms with Crippen LogP contribution < -0.4 is 11.1 Å². The van der Waals surface area contributed by atoms with Crippen molar-refractivity contribution in [3.63, 3.8) is 0 Å². The summed E-state index contributed by atoms with van der Waals surface area (Å²) in [7, 11) is 0.